The van der Waals surface area contributed by atoms with Crippen LogP contribution in [0.25, 0.3) is 10.8 Å². The molecule has 0 bridgehead atoms. The highest BCUT2D eigenvalue weighted by Gasteiger charge is 2.27. The molecule has 5 rings (SSSR count). The van der Waals surface area contributed by atoms with E-state index in [0.717, 1.165) is 62.1 Å². The second-order valence-corrected chi connectivity index (χ2v) is 8.83. The van der Waals surface area contributed by atoms with Crippen molar-refractivity contribution < 1.29 is 9.13 Å². The Morgan fingerprint density at radius 1 is 1.10 bits per heavy atom. The van der Waals surface area contributed by atoms with Crippen molar-refractivity contribution in [2.24, 2.45) is 0 Å². The summed E-state index contributed by atoms with van der Waals surface area (Å²) in [6.45, 7) is 7.04. The zero-order valence-corrected chi connectivity index (χ0v) is 18.1. The molecule has 162 valence electrons. The summed E-state index contributed by atoms with van der Waals surface area (Å²) >= 11 is 0. The first-order valence-corrected chi connectivity index (χ1v) is 11.3. The fourth-order valence-electron chi connectivity index (χ4n) is 5.14. The Morgan fingerprint density at radius 2 is 2.00 bits per heavy atom. The largest absolute Gasteiger partial charge is 0.399 e. The highest BCUT2D eigenvalue weighted by atomic mass is 19.1. The maximum Gasteiger partial charge on any atom is 0.123 e. The molecule has 0 amide bonds. The van der Waals surface area contributed by atoms with E-state index in [9.17, 15) is 4.39 Å². The van der Waals surface area contributed by atoms with Gasteiger partial charge in [-0.3, -0.25) is 4.90 Å². The second kappa shape index (κ2) is 8.48. The van der Waals surface area contributed by atoms with Crippen molar-refractivity contribution in [1.82, 2.24) is 4.90 Å². The third kappa shape index (κ3) is 4.12. The van der Waals surface area contributed by atoms with Gasteiger partial charge >= 0.3 is 0 Å². The fourth-order valence-corrected chi connectivity index (χ4v) is 5.14. The predicted octanol–water partition coefficient (Wildman–Crippen LogP) is 4.78. The summed E-state index contributed by atoms with van der Waals surface area (Å²) in [5.41, 5.74) is 10.6. The Balaban J connectivity index is 1.25. The van der Waals surface area contributed by atoms with E-state index >= 15 is 0 Å². The van der Waals surface area contributed by atoms with E-state index < -0.39 is 0 Å². The normalized spacial score (nSPS) is 21.9. The molecule has 3 aromatic carbocycles. The molecule has 0 unspecified atom stereocenters. The molecular formula is C26H30FN3O. The molecule has 2 N–H and O–H groups in total. The molecule has 0 spiro atoms. The van der Waals surface area contributed by atoms with E-state index in [-0.39, 0.29) is 11.9 Å². The van der Waals surface area contributed by atoms with Crippen LogP contribution in [0.1, 0.15) is 30.6 Å². The highest BCUT2D eigenvalue weighted by molar-refractivity contribution is 5.94. The van der Waals surface area contributed by atoms with Crippen molar-refractivity contribution in [3.05, 3.63) is 71.5 Å². The molecule has 2 atom stereocenters. The average molecular weight is 420 g/mol. The Bertz CT molecular complexity index is 1090. The maximum atomic E-state index is 13.6. The molecular weight excluding hydrogens is 389 g/mol. The quantitative estimate of drug-likeness (QED) is 0.618. The average Bonchev–Trinajstić information content (AvgIpc) is 2.77. The van der Waals surface area contributed by atoms with E-state index in [4.69, 9.17) is 10.5 Å². The van der Waals surface area contributed by atoms with Crippen LogP contribution in [0.15, 0.2) is 54.6 Å². The van der Waals surface area contributed by atoms with Crippen LogP contribution in [0.3, 0.4) is 0 Å². The molecule has 5 heteroatoms. The van der Waals surface area contributed by atoms with Gasteiger partial charge in [0.05, 0.1) is 12.7 Å². The van der Waals surface area contributed by atoms with Gasteiger partial charge in [0.2, 0.25) is 0 Å². The number of piperazine rings is 1. The third-order valence-corrected chi connectivity index (χ3v) is 6.81. The van der Waals surface area contributed by atoms with E-state index in [0.29, 0.717) is 6.04 Å². The number of halogens is 1. The molecule has 2 aliphatic rings. The first-order chi connectivity index (χ1) is 15.1. The van der Waals surface area contributed by atoms with Crippen LogP contribution in [0.5, 0.6) is 0 Å². The van der Waals surface area contributed by atoms with Crippen molar-refractivity contribution >= 4 is 22.1 Å². The summed E-state index contributed by atoms with van der Waals surface area (Å²) in [4.78, 5) is 5.01. The molecule has 0 saturated carbocycles. The summed E-state index contributed by atoms with van der Waals surface area (Å²) in [6.07, 6.45) is 2.10. The minimum absolute atomic E-state index is 0.155. The minimum Gasteiger partial charge on any atom is -0.399 e. The minimum atomic E-state index is -0.183. The molecule has 3 aromatic rings. The molecule has 0 aliphatic carbocycles. The molecule has 31 heavy (non-hydrogen) atoms. The second-order valence-electron chi connectivity index (χ2n) is 8.83. The number of rotatable bonds is 4. The molecule has 4 nitrogen and oxygen atoms in total. The third-order valence-electron chi connectivity index (χ3n) is 6.81. The molecule has 1 saturated heterocycles. The fraction of sp³-hybridized carbons (Fsp3) is 0.385. The van der Waals surface area contributed by atoms with Crippen molar-refractivity contribution in [2.75, 3.05) is 43.4 Å². The number of benzene rings is 3. The van der Waals surface area contributed by atoms with Gasteiger partial charge in [-0.25, -0.2) is 4.39 Å². The van der Waals surface area contributed by atoms with Crippen LogP contribution in [0.4, 0.5) is 15.8 Å². The van der Waals surface area contributed by atoms with Gasteiger partial charge in [0, 0.05) is 49.0 Å². The topological polar surface area (TPSA) is 41.7 Å². The van der Waals surface area contributed by atoms with Gasteiger partial charge in [-0.2, -0.15) is 0 Å². The summed E-state index contributed by atoms with van der Waals surface area (Å²) < 4.78 is 19.7. The van der Waals surface area contributed by atoms with Crippen LogP contribution in [-0.2, 0) is 11.2 Å². The zero-order chi connectivity index (χ0) is 21.4. The van der Waals surface area contributed by atoms with Gasteiger partial charge in [-0.1, -0.05) is 18.2 Å². The monoisotopic (exact) mass is 419 g/mol. The van der Waals surface area contributed by atoms with Crippen LogP contribution in [0.2, 0.25) is 0 Å². The van der Waals surface area contributed by atoms with Crippen LogP contribution in [0, 0.1) is 5.82 Å². The number of nitrogen functional groups attached to an aromatic ring is 1. The van der Waals surface area contributed by atoms with E-state index in [2.05, 4.69) is 34.9 Å². The SMILES string of the molecule is C[C@@H]1CN(c2cccc3cc(F)ccc23)CCN1CC[C@@H]1OCCc2cc(N)ccc21. The summed E-state index contributed by atoms with van der Waals surface area (Å²) in [5.74, 6) is -0.183. The van der Waals surface area contributed by atoms with Crippen molar-refractivity contribution in [3.63, 3.8) is 0 Å². The van der Waals surface area contributed by atoms with Gasteiger partial charge in [-0.15, -0.1) is 0 Å². The first kappa shape index (κ1) is 20.3. The van der Waals surface area contributed by atoms with Crippen molar-refractivity contribution in [2.45, 2.75) is 31.9 Å². The number of nitrogens with two attached hydrogens (primary N) is 1. The summed E-state index contributed by atoms with van der Waals surface area (Å²) in [5, 5.41) is 2.08. The molecule has 2 aliphatic heterocycles. The van der Waals surface area contributed by atoms with Gasteiger partial charge in [0.1, 0.15) is 5.82 Å². The lowest BCUT2D eigenvalue weighted by Crippen LogP contribution is -2.52. The summed E-state index contributed by atoms with van der Waals surface area (Å²) in [6, 6.07) is 17.9. The van der Waals surface area contributed by atoms with Gasteiger partial charge in [0.25, 0.3) is 0 Å². The molecule has 1 fully saturated rings. The Labute approximate surface area is 183 Å². The van der Waals surface area contributed by atoms with E-state index in [1.165, 1.54) is 16.8 Å². The van der Waals surface area contributed by atoms with Crippen molar-refractivity contribution in [1.29, 1.82) is 0 Å². The number of hydrogen-bond donors (Lipinski definition) is 1. The first-order valence-electron chi connectivity index (χ1n) is 11.3. The summed E-state index contributed by atoms with van der Waals surface area (Å²) in [7, 11) is 0. The standard InChI is InChI=1S/C26H30FN3O/c1-18-17-30(25-4-2-3-19-15-21(27)5-7-23(19)25)13-12-29(18)11-9-26-24-8-6-22(28)16-20(24)10-14-31-26/h2-8,15-16,18,26H,9-14,17,28H2,1H3/t18-,26+/m1/s1. The van der Waals surface area contributed by atoms with Crippen LogP contribution >= 0.6 is 0 Å². The Kier molecular flexibility index (Phi) is 5.55. The lowest BCUT2D eigenvalue weighted by molar-refractivity contribution is 0.0255. The van der Waals surface area contributed by atoms with Gasteiger partial charge < -0.3 is 15.4 Å². The Hall–Kier alpha value is -2.63. The molecule has 2 heterocycles. The lowest BCUT2D eigenvalue weighted by Gasteiger charge is -2.42. The lowest BCUT2D eigenvalue weighted by atomic mass is 9.95. The van der Waals surface area contributed by atoms with Crippen LogP contribution in [-0.4, -0.2) is 43.7 Å². The molecule has 0 radical (unpaired) electrons. The van der Waals surface area contributed by atoms with E-state index in [1.807, 2.05) is 24.3 Å². The smallest absolute Gasteiger partial charge is 0.123 e. The number of hydrogen-bond acceptors (Lipinski definition) is 4. The Morgan fingerprint density at radius 3 is 2.87 bits per heavy atom. The van der Waals surface area contributed by atoms with E-state index in [1.54, 1.807) is 12.1 Å². The van der Waals surface area contributed by atoms with Crippen molar-refractivity contribution in [3.8, 4) is 0 Å². The molecule has 0 aromatic heterocycles. The maximum absolute atomic E-state index is 13.6. The number of nitrogens with zero attached hydrogens (tertiary/aromatic N) is 2. The predicted molar refractivity (Wildman–Crippen MR) is 125 cm³/mol. The van der Waals surface area contributed by atoms with Gasteiger partial charge in [0.15, 0.2) is 0 Å². The van der Waals surface area contributed by atoms with Gasteiger partial charge in [-0.05, 0) is 72.7 Å². The zero-order valence-electron chi connectivity index (χ0n) is 18.1. The number of anilines is 2. The van der Waals surface area contributed by atoms with Crippen LogP contribution < -0.4 is 10.6 Å². The number of fused-ring (bicyclic) bond motifs is 2. The number of ether oxygens (including phenoxy) is 1. The highest BCUT2D eigenvalue weighted by Crippen LogP contribution is 2.32.